The Morgan fingerprint density at radius 2 is 1.87 bits per heavy atom. The second kappa shape index (κ2) is 7.85. The van der Waals surface area contributed by atoms with Crippen LogP contribution in [0.3, 0.4) is 0 Å². The molecule has 0 aliphatic carbocycles. The van der Waals surface area contributed by atoms with Crippen molar-refractivity contribution in [2.75, 3.05) is 33.8 Å². The number of nitrogens with one attached hydrogen (secondary N) is 1. The van der Waals surface area contributed by atoms with E-state index in [0.717, 1.165) is 53.6 Å². The largest absolute Gasteiger partial charge is 0.484 e. The van der Waals surface area contributed by atoms with Crippen molar-refractivity contribution < 1.29 is 9.53 Å². The highest BCUT2D eigenvalue weighted by molar-refractivity contribution is 5.88. The fourth-order valence-corrected chi connectivity index (χ4v) is 4.74. The molecule has 3 heterocycles. The number of rotatable bonds is 4. The van der Waals surface area contributed by atoms with Crippen molar-refractivity contribution in [3.8, 4) is 16.9 Å². The van der Waals surface area contributed by atoms with Gasteiger partial charge in [0.05, 0.1) is 0 Å². The molecular formula is C25H27N3O3. The van der Waals surface area contributed by atoms with Crippen LogP contribution >= 0.6 is 0 Å². The number of amides is 1. The van der Waals surface area contributed by atoms with Crippen LogP contribution in [0.4, 0.5) is 0 Å². The minimum Gasteiger partial charge on any atom is -0.484 e. The second-order valence-corrected chi connectivity index (χ2v) is 8.88. The van der Waals surface area contributed by atoms with Gasteiger partial charge in [-0.2, -0.15) is 0 Å². The van der Waals surface area contributed by atoms with E-state index in [9.17, 15) is 9.59 Å². The van der Waals surface area contributed by atoms with Gasteiger partial charge in [-0.3, -0.25) is 9.59 Å². The maximum atomic E-state index is 12.9. The number of benzene rings is 2. The summed E-state index contributed by atoms with van der Waals surface area (Å²) in [6, 6.07) is 16.0. The number of hydrogen-bond donors (Lipinski definition) is 1. The van der Waals surface area contributed by atoms with Gasteiger partial charge in [0.25, 0.3) is 11.5 Å². The second-order valence-electron chi connectivity index (χ2n) is 8.88. The molecular weight excluding hydrogens is 390 g/mol. The molecule has 5 rings (SSSR count). The first-order chi connectivity index (χ1) is 15.0. The Morgan fingerprint density at radius 3 is 2.71 bits per heavy atom. The molecule has 2 aromatic carbocycles. The van der Waals surface area contributed by atoms with E-state index in [1.165, 1.54) is 4.90 Å². The summed E-state index contributed by atoms with van der Waals surface area (Å²) >= 11 is 0. The molecule has 2 atom stereocenters. The molecule has 1 fully saturated rings. The number of aromatic nitrogens is 1. The van der Waals surface area contributed by atoms with E-state index < -0.39 is 0 Å². The number of nitrogens with zero attached hydrogens (tertiary/aromatic N) is 2. The Morgan fingerprint density at radius 1 is 1.06 bits per heavy atom. The topological polar surface area (TPSA) is 63.6 Å². The van der Waals surface area contributed by atoms with Crippen LogP contribution in [0.1, 0.15) is 18.0 Å². The van der Waals surface area contributed by atoms with E-state index in [-0.39, 0.29) is 18.1 Å². The highest BCUT2D eigenvalue weighted by atomic mass is 16.5. The van der Waals surface area contributed by atoms with Crippen LogP contribution in [-0.2, 0) is 11.3 Å². The maximum absolute atomic E-state index is 12.9. The highest BCUT2D eigenvalue weighted by Crippen LogP contribution is 2.34. The van der Waals surface area contributed by atoms with Crippen molar-refractivity contribution in [1.82, 2.24) is 14.8 Å². The Hall–Kier alpha value is -3.12. The fourth-order valence-electron chi connectivity index (χ4n) is 4.74. The van der Waals surface area contributed by atoms with E-state index in [1.54, 1.807) is 20.2 Å². The van der Waals surface area contributed by atoms with Crippen LogP contribution in [0, 0.1) is 5.92 Å². The molecule has 0 saturated carbocycles. The van der Waals surface area contributed by atoms with Crippen LogP contribution in [0.5, 0.6) is 5.75 Å². The standard InChI is InChI=1S/C25H27N3O3/c1-27(2)25(30)15-31-22-6-5-17-8-18(3-4-19(17)9-22)20-10-23-21-7-16(12-26-13-21)14-28(23)24(29)11-20/h3-6,8-11,16,21,26H,7,12-15H2,1-2H3/t16-,21+/m0/s1. The summed E-state index contributed by atoms with van der Waals surface area (Å²) in [7, 11) is 3.42. The van der Waals surface area contributed by atoms with Crippen molar-refractivity contribution in [1.29, 1.82) is 0 Å². The lowest BCUT2D eigenvalue weighted by Crippen LogP contribution is -2.44. The van der Waals surface area contributed by atoms with Crippen LogP contribution < -0.4 is 15.6 Å². The monoisotopic (exact) mass is 417 g/mol. The molecule has 6 nitrogen and oxygen atoms in total. The Labute approximate surface area is 181 Å². The summed E-state index contributed by atoms with van der Waals surface area (Å²) < 4.78 is 7.60. The van der Waals surface area contributed by atoms with Crippen molar-refractivity contribution >= 4 is 16.7 Å². The third-order valence-electron chi connectivity index (χ3n) is 6.47. The van der Waals surface area contributed by atoms with Crippen LogP contribution in [0.25, 0.3) is 21.9 Å². The SMILES string of the molecule is CN(C)C(=O)COc1ccc2cc(-c3cc4n(c(=O)c3)C[C@@H]3CNC[C@H]4C3)ccc2c1. The van der Waals surface area contributed by atoms with Gasteiger partial charge in [0.1, 0.15) is 5.75 Å². The smallest absolute Gasteiger partial charge is 0.259 e. The molecule has 1 amide bonds. The van der Waals surface area contributed by atoms with Crippen LogP contribution in [0.2, 0.25) is 0 Å². The Kier molecular flexibility index (Phi) is 5.02. The third kappa shape index (κ3) is 3.83. The molecule has 1 aromatic heterocycles. The predicted octanol–water partition coefficient (Wildman–Crippen LogP) is 2.84. The molecule has 1 saturated heterocycles. The normalized spacial score (nSPS) is 19.7. The highest BCUT2D eigenvalue weighted by Gasteiger charge is 2.31. The number of piperidine rings is 1. The number of carbonyl (C=O) groups is 1. The number of ether oxygens (including phenoxy) is 1. The van der Waals surface area contributed by atoms with Gasteiger partial charge in [0.15, 0.2) is 6.61 Å². The lowest BCUT2D eigenvalue weighted by Gasteiger charge is -2.37. The molecule has 2 bridgehead atoms. The van der Waals surface area contributed by atoms with Crippen molar-refractivity contribution in [3.05, 3.63) is 64.6 Å². The predicted molar refractivity (Wildman–Crippen MR) is 122 cm³/mol. The summed E-state index contributed by atoms with van der Waals surface area (Å²) in [5, 5.41) is 5.61. The lowest BCUT2D eigenvalue weighted by atomic mass is 9.83. The van der Waals surface area contributed by atoms with Gasteiger partial charge in [0.2, 0.25) is 0 Å². The third-order valence-corrected chi connectivity index (χ3v) is 6.47. The van der Waals surface area contributed by atoms with Gasteiger partial charge >= 0.3 is 0 Å². The molecule has 2 aliphatic heterocycles. The first-order valence-electron chi connectivity index (χ1n) is 10.8. The average molecular weight is 418 g/mol. The Balaban J connectivity index is 1.44. The van der Waals surface area contributed by atoms with Gasteiger partial charge in [-0.05, 0) is 65.0 Å². The first kappa shape index (κ1) is 19.8. The zero-order valence-corrected chi connectivity index (χ0v) is 17.9. The zero-order valence-electron chi connectivity index (χ0n) is 17.9. The molecule has 6 heteroatoms. The van der Waals surface area contributed by atoms with Crippen molar-refractivity contribution in [3.63, 3.8) is 0 Å². The molecule has 2 aliphatic rings. The average Bonchev–Trinajstić information content (AvgIpc) is 2.77. The fraction of sp³-hybridized carbons (Fsp3) is 0.360. The van der Waals surface area contributed by atoms with Gasteiger partial charge < -0.3 is 19.5 Å². The zero-order chi connectivity index (χ0) is 21.5. The van der Waals surface area contributed by atoms with E-state index >= 15 is 0 Å². The molecule has 0 radical (unpaired) electrons. The minimum absolute atomic E-state index is 0.0204. The summed E-state index contributed by atoms with van der Waals surface area (Å²) in [5.41, 5.74) is 3.26. The van der Waals surface area contributed by atoms with Crippen LogP contribution in [-0.4, -0.2) is 49.2 Å². The van der Waals surface area contributed by atoms with E-state index in [1.807, 2.05) is 34.9 Å². The number of pyridine rings is 1. The van der Waals surface area contributed by atoms with Gasteiger partial charge in [-0.25, -0.2) is 0 Å². The molecule has 3 aromatic rings. The lowest BCUT2D eigenvalue weighted by molar-refractivity contribution is -0.130. The summed E-state index contributed by atoms with van der Waals surface area (Å²) in [5.74, 6) is 1.56. The van der Waals surface area contributed by atoms with E-state index in [2.05, 4.69) is 17.4 Å². The van der Waals surface area contributed by atoms with Crippen molar-refractivity contribution in [2.24, 2.45) is 5.92 Å². The first-order valence-corrected chi connectivity index (χ1v) is 10.8. The quantitative estimate of drug-likeness (QED) is 0.709. The maximum Gasteiger partial charge on any atom is 0.259 e. The molecule has 31 heavy (non-hydrogen) atoms. The summed E-state index contributed by atoms with van der Waals surface area (Å²) in [6.07, 6.45) is 1.16. The number of likely N-dealkylation sites (N-methyl/N-ethyl adjacent to an activating group) is 1. The molecule has 0 unspecified atom stereocenters. The number of fused-ring (bicyclic) bond motifs is 5. The van der Waals surface area contributed by atoms with Crippen molar-refractivity contribution in [2.45, 2.75) is 18.9 Å². The number of hydrogen-bond acceptors (Lipinski definition) is 4. The molecule has 1 N–H and O–H groups in total. The van der Waals surface area contributed by atoms with E-state index in [0.29, 0.717) is 17.6 Å². The van der Waals surface area contributed by atoms with Gasteiger partial charge in [-0.15, -0.1) is 0 Å². The van der Waals surface area contributed by atoms with Gasteiger partial charge in [-0.1, -0.05) is 18.2 Å². The minimum atomic E-state index is -0.0753. The molecule has 0 spiro atoms. The summed E-state index contributed by atoms with van der Waals surface area (Å²) in [6.45, 7) is 2.78. The summed E-state index contributed by atoms with van der Waals surface area (Å²) in [4.78, 5) is 26.1. The van der Waals surface area contributed by atoms with E-state index in [4.69, 9.17) is 4.74 Å². The Bertz CT molecular complexity index is 1210. The molecule has 160 valence electrons. The van der Waals surface area contributed by atoms with Gasteiger partial charge in [0, 0.05) is 44.9 Å². The number of carbonyl (C=O) groups excluding carboxylic acids is 1. The van der Waals surface area contributed by atoms with Crippen LogP contribution in [0.15, 0.2) is 53.3 Å².